The van der Waals surface area contributed by atoms with Crippen LogP contribution >= 0.6 is 0 Å². The average Bonchev–Trinajstić information content (AvgIpc) is 0.756. The molecule has 16 rings (SSSR count). The van der Waals surface area contributed by atoms with E-state index in [9.17, 15) is 39.6 Å². The van der Waals surface area contributed by atoms with Crippen LogP contribution in [-0.4, -0.2) is 101 Å². The molecule has 12 atom stereocenters. The number of hydrogen-bond acceptors (Lipinski definition) is 16. The number of anilines is 4. The lowest BCUT2D eigenvalue weighted by molar-refractivity contribution is -0.131. The third-order valence-electron chi connectivity index (χ3n) is 23.8. The number of rotatable bonds is 32. The molecular formula is C104H108N4O16. The van der Waals surface area contributed by atoms with Crippen LogP contribution < -0.4 is 57.5 Å². The second-order valence-electron chi connectivity index (χ2n) is 30.9. The molecule has 20 nitrogen and oxygen atoms in total. The van der Waals surface area contributed by atoms with E-state index in [4.69, 9.17) is 37.9 Å². The maximum Gasteiger partial charge on any atom is 0.233 e. The predicted molar refractivity (Wildman–Crippen MR) is 481 cm³/mol. The molecule has 4 fully saturated rings. The summed E-state index contributed by atoms with van der Waals surface area (Å²) in [6.45, 7) is 0. The number of amides is 4. The summed E-state index contributed by atoms with van der Waals surface area (Å²) in [4.78, 5) is 60.0. The van der Waals surface area contributed by atoms with Crippen molar-refractivity contribution in [3.8, 4) is 46.0 Å². The molecule has 3 unspecified atom stereocenters. The van der Waals surface area contributed by atoms with Crippen LogP contribution in [0.4, 0.5) is 22.7 Å². The molecule has 124 heavy (non-hydrogen) atoms. The van der Waals surface area contributed by atoms with E-state index < -0.39 is 24.4 Å². The first-order valence-corrected chi connectivity index (χ1v) is 41.8. The van der Waals surface area contributed by atoms with Gasteiger partial charge in [0.25, 0.3) is 0 Å². The number of nitrogens with zero attached hydrogens (tertiary/aromatic N) is 4. The Hall–Kier alpha value is -13.2. The Bertz CT molecular complexity index is 4680. The highest BCUT2D eigenvalue weighted by Gasteiger charge is 2.52. The number of carbonyl (C=O) groups excluding carboxylic acids is 4. The number of methoxy groups -OCH3 is 8. The van der Waals surface area contributed by atoms with Crippen LogP contribution in [0.5, 0.6) is 46.0 Å². The highest BCUT2D eigenvalue weighted by molar-refractivity contribution is 6.05. The van der Waals surface area contributed by atoms with Gasteiger partial charge in [0.15, 0.2) is 0 Å². The van der Waals surface area contributed by atoms with Gasteiger partial charge in [-0.1, -0.05) is 170 Å². The van der Waals surface area contributed by atoms with E-state index in [0.29, 0.717) is 51.4 Å². The minimum absolute atomic E-state index is 0.0752. The fourth-order valence-corrected chi connectivity index (χ4v) is 16.9. The summed E-state index contributed by atoms with van der Waals surface area (Å²) in [5, 5.41) is 42.3. The molecule has 0 aliphatic carbocycles. The number of hydrogen-bond donors (Lipinski definition) is 4. The van der Waals surface area contributed by atoms with Crippen molar-refractivity contribution >= 4 is 46.4 Å². The largest absolute Gasteiger partial charge is 0.497 e. The number of β-lactam (4-membered cyclic amide) rings is 4. The lowest BCUT2D eigenvalue weighted by Gasteiger charge is -2.48. The van der Waals surface area contributed by atoms with Crippen molar-refractivity contribution in [1.29, 1.82) is 0 Å². The lowest BCUT2D eigenvalue weighted by atomic mass is 9.78. The van der Waals surface area contributed by atoms with E-state index in [-0.39, 0.29) is 71.5 Å². The normalized spacial score (nSPS) is 18.9. The number of carbonyl (C=O) groups is 4. The number of aliphatic hydroxyl groups is 4. The molecule has 640 valence electrons. The zero-order valence-electron chi connectivity index (χ0n) is 71.1. The third-order valence-corrected chi connectivity index (χ3v) is 23.8. The molecule has 4 heterocycles. The van der Waals surface area contributed by atoms with Crippen LogP contribution in [0.3, 0.4) is 0 Å². The molecule has 12 aromatic rings. The van der Waals surface area contributed by atoms with Gasteiger partial charge in [0.2, 0.25) is 23.6 Å². The van der Waals surface area contributed by atoms with Gasteiger partial charge in [0.1, 0.15) is 46.0 Å². The molecule has 4 aliphatic heterocycles. The van der Waals surface area contributed by atoms with E-state index in [1.165, 1.54) is 0 Å². The molecule has 4 saturated heterocycles. The summed E-state index contributed by atoms with van der Waals surface area (Å²) < 4.78 is 42.1. The highest BCUT2D eigenvalue weighted by Crippen LogP contribution is 2.52. The fourth-order valence-electron chi connectivity index (χ4n) is 16.9. The quantitative estimate of drug-likeness (QED) is 0.0287. The molecule has 4 aliphatic rings. The van der Waals surface area contributed by atoms with Gasteiger partial charge in [-0.25, -0.2) is 0 Å². The van der Waals surface area contributed by atoms with Crippen LogP contribution in [0.1, 0.15) is 144 Å². The van der Waals surface area contributed by atoms with Crippen molar-refractivity contribution in [1.82, 2.24) is 0 Å². The molecule has 0 bridgehead atoms. The smallest absolute Gasteiger partial charge is 0.233 e. The summed E-state index contributed by atoms with van der Waals surface area (Å²) in [5.41, 5.74) is 11.1. The third kappa shape index (κ3) is 20.7. The monoisotopic (exact) mass is 1670 g/mol. The second-order valence-corrected chi connectivity index (χ2v) is 30.9. The van der Waals surface area contributed by atoms with E-state index in [1.54, 1.807) is 56.9 Å². The maximum atomic E-state index is 13.2. The molecule has 0 spiro atoms. The van der Waals surface area contributed by atoms with Gasteiger partial charge in [-0.2, -0.15) is 0 Å². The Morgan fingerprint density at radius 2 is 0.363 bits per heavy atom. The molecule has 12 aromatic carbocycles. The average molecular weight is 1670 g/mol. The molecular weight excluding hydrogens is 1560 g/mol. The molecule has 0 aromatic heterocycles. The summed E-state index contributed by atoms with van der Waals surface area (Å²) in [5.74, 6) is 5.67. The standard InChI is InChI=1S/4C26H27NO4/c4*1-30-21-12-8-19(9-13-21)25-23(16-17-24(28)18-6-4-3-5-7-18)26(29)27(25)20-10-14-22(31-2)15-11-20/h4*3-15,23-25,28H,16-17H2,1-2H3/t23?,24-,25+;23?,24-,25-;23-,24+,25?;23-,24-,25-/m0100/s1. The first-order valence-electron chi connectivity index (χ1n) is 41.8. The van der Waals surface area contributed by atoms with Crippen molar-refractivity contribution in [3.63, 3.8) is 0 Å². The van der Waals surface area contributed by atoms with E-state index in [2.05, 4.69) is 0 Å². The van der Waals surface area contributed by atoms with Gasteiger partial charge in [-0.15, -0.1) is 0 Å². The van der Waals surface area contributed by atoms with Crippen molar-refractivity contribution in [2.75, 3.05) is 76.5 Å². The Morgan fingerprint density at radius 3 is 0.508 bits per heavy atom. The van der Waals surface area contributed by atoms with Gasteiger partial charge in [-0.3, -0.25) is 19.2 Å². The highest BCUT2D eigenvalue weighted by atomic mass is 16.5. The fraction of sp³-hybridized carbons (Fsp3) is 0.269. The number of ether oxygens (including phenoxy) is 8. The van der Waals surface area contributed by atoms with Gasteiger partial charge in [-0.05, 0) is 241 Å². The van der Waals surface area contributed by atoms with Crippen LogP contribution in [-0.2, 0) is 19.2 Å². The van der Waals surface area contributed by atoms with Crippen LogP contribution in [0.2, 0.25) is 0 Å². The summed E-state index contributed by atoms with van der Waals surface area (Å²) >= 11 is 0. The van der Waals surface area contributed by atoms with Gasteiger partial charge in [0.05, 0.1) is 129 Å². The SMILES string of the molecule is COc1ccc(C2[C@H](CC[C@@H](O)c3ccccc3)C(=O)N2c2ccc(OC)cc2)cc1.COc1ccc([C@@H]2C(CC[C@@H](O)c3ccccc3)C(=O)N2c2ccc(OC)cc2)cc1.COc1ccc([C@@H]2C(CC[C@H](O)c3ccccc3)C(=O)N2c2ccc(OC)cc2)cc1.COc1ccc([C@H]2[C@H](CC[C@H](O)c3ccccc3)C(=O)N2c2ccc(OC)cc2)cc1. The van der Waals surface area contributed by atoms with E-state index in [1.807, 2.05) is 335 Å². The molecule has 0 saturated carbocycles. The first-order chi connectivity index (χ1) is 60.5. The number of aliphatic hydroxyl groups excluding tert-OH is 4. The van der Waals surface area contributed by atoms with Gasteiger partial charge in [0, 0.05) is 22.7 Å². The predicted octanol–water partition coefficient (Wildman–Crippen LogP) is 19.7. The second kappa shape index (κ2) is 42.5. The Balaban J connectivity index is 0.000000142. The zero-order valence-corrected chi connectivity index (χ0v) is 71.1. The molecule has 4 amide bonds. The number of benzene rings is 12. The van der Waals surface area contributed by atoms with Crippen LogP contribution in [0.25, 0.3) is 0 Å². The van der Waals surface area contributed by atoms with Gasteiger partial charge < -0.3 is 77.9 Å². The first kappa shape index (κ1) is 88.5. The van der Waals surface area contributed by atoms with Crippen molar-refractivity contribution in [2.24, 2.45) is 23.7 Å². The lowest BCUT2D eigenvalue weighted by Crippen LogP contribution is -2.55. The van der Waals surface area contributed by atoms with Crippen LogP contribution in [0.15, 0.2) is 315 Å². The van der Waals surface area contributed by atoms with Crippen molar-refractivity contribution in [3.05, 3.63) is 360 Å². The van der Waals surface area contributed by atoms with Crippen molar-refractivity contribution < 1.29 is 77.5 Å². The topological polar surface area (TPSA) is 236 Å². The van der Waals surface area contributed by atoms with Gasteiger partial charge >= 0.3 is 0 Å². The Labute approximate surface area is 726 Å². The summed E-state index contributed by atoms with van der Waals surface area (Å²) in [7, 11) is 13.0. The molecule has 0 radical (unpaired) electrons. The minimum Gasteiger partial charge on any atom is -0.497 e. The van der Waals surface area contributed by atoms with Crippen molar-refractivity contribution in [2.45, 2.75) is 99.9 Å². The Morgan fingerprint density at radius 1 is 0.218 bits per heavy atom. The zero-order chi connectivity index (χ0) is 87.2. The maximum absolute atomic E-state index is 13.2. The summed E-state index contributed by atoms with van der Waals surface area (Å²) in [6.07, 6.45) is 2.23. The molecule has 4 N–H and O–H groups in total. The Kier molecular flexibility index (Phi) is 30.4. The minimum atomic E-state index is -0.583. The van der Waals surface area contributed by atoms with E-state index in [0.717, 1.165) is 113 Å². The summed E-state index contributed by atoms with van der Waals surface area (Å²) in [6, 6.07) is 99.5. The van der Waals surface area contributed by atoms with Crippen LogP contribution in [0, 0.1) is 23.7 Å². The molecule has 20 heteroatoms. The van der Waals surface area contributed by atoms with E-state index >= 15 is 0 Å².